The molecule has 1 amide bonds. The maximum atomic E-state index is 12.2. The van der Waals surface area contributed by atoms with Gasteiger partial charge in [-0.05, 0) is 12.1 Å². The highest BCUT2D eigenvalue weighted by atomic mass is 32.1. The number of hydrogen-bond donors (Lipinski definition) is 2. The smallest absolute Gasteiger partial charge is 0.245 e. The number of carbonyl (C=O) groups is 1. The molecule has 3 rings (SSSR count). The Morgan fingerprint density at radius 3 is 3.22 bits per heavy atom. The Balaban J connectivity index is 1.64. The number of rotatable bonds is 5. The van der Waals surface area contributed by atoms with E-state index in [9.17, 15) is 4.79 Å². The highest BCUT2D eigenvalue weighted by Crippen LogP contribution is 2.33. The van der Waals surface area contributed by atoms with E-state index in [1.165, 1.54) is 11.3 Å². The third kappa shape index (κ3) is 3.69. The standard InChI is InChI=1S/C14H17N5O3S/c1-21-8-13-17-18-14(23-13)16-12(20)7-19-4-5-22-11-6-9(15)2-3-10(11)19/h2-3,6H,4-5,7-8,15H2,1H3,(H,16,18,20). The number of nitrogen functional groups attached to an aromatic ring is 1. The van der Waals surface area contributed by atoms with Gasteiger partial charge in [-0.2, -0.15) is 0 Å². The van der Waals surface area contributed by atoms with Gasteiger partial charge in [0.15, 0.2) is 0 Å². The molecule has 8 nitrogen and oxygen atoms in total. The van der Waals surface area contributed by atoms with Crippen molar-refractivity contribution in [3.63, 3.8) is 0 Å². The van der Waals surface area contributed by atoms with Gasteiger partial charge in [0.25, 0.3) is 0 Å². The van der Waals surface area contributed by atoms with Crippen molar-refractivity contribution >= 4 is 33.8 Å². The summed E-state index contributed by atoms with van der Waals surface area (Å²) in [6, 6.07) is 5.42. The maximum Gasteiger partial charge on any atom is 0.245 e. The van der Waals surface area contributed by atoms with E-state index in [4.69, 9.17) is 15.2 Å². The number of nitrogens with zero attached hydrogens (tertiary/aromatic N) is 3. The number of hydrogen-bond acceptors (Lipinski definition) is 8. The minimum absolute atomic E-state index is 0.158. The number of carbonyl (C=O) groups excluding carboxylic acids is 1. The van der Waals surface area contributed by atoms with Crippen LogP contribution in [0, 0.1) is 0 Å². The van der Waals surface area contributed by atoms with E-state index in [1.807, 2.05) is 11.0 Å². The molecule has 1 aromatic carbocycles. The monoisotopic (exact) mass is 335 g/mol. The summed E-state index contributed by atoms with van der Waals surface area (Å²) in [5.41, 5.74) is 7.25. The van der Waals surface area contributed by atoms with Crippen molar-refractivity contribution in [2.24, 2.45) is 0 Å². The van der Waals surface area contributed by atoms with E-state index in [1.54, 1.807) is 19.2 Å². The Bertz CT molecular complexity index is 705. The normalized spacial score (nSPS) is 13.3. The van der Waals surface area contributed by atoms with Crippen LogP contribution >= 0.6 is 11.3 Å². The van der Waals surface area contributed by atoms with Crippen LogP contribution in [0.3, 0.4) is 0 Å². The molecular formula is C14H17N5O3S. The van der Waals surface area contributed by atoms with Crippen LogP contribution in [0.15, 0.2) is 18.2 Å². The fourth-order valence-corrected chi connectivity index (χ4v) is 3.00. The number of nitrogens with one attached hydrogen (secondary N) is 1. The molecule has 0 spiro atoms. The zero-order valence-electron chi connectivity index (χ0n) is 12.6. The van der Waals surface area contributed by atoms with Gasteiger partial charge < -0.3 is 20.1 Å². The molecule has 1 aliphatic rings. The zero-order valence-corrected chi connectivity index (χ0v) is 13.4. The summed E-state index contributed by atoms with van der Waals surface area (Å²) < 4.78 is 10.6. The first-order valence-corrected chi connectivity index (χ1v) is 7.86. The van der Waals surface area contributed by atoms with Crippen molar-refractivity contribution < 1.29 is 14.3 Å². The van der Waals surface area contributed by atoms with Gasteiger partial charge in [0.1, 0.15) is 24.0 Å². The lowest BCUT2D eigenvalue weighted by molar-refractivity contribution is -0.115. The van der Waals surface area contributed by atoms with Crippen LogP contribution in [0.2, 0.25) is 0 Å². The van der Waals surface area contributed by atoms with E-state index < -0.39 is 0 Å². The van der Waals surface area contributed by atoms with Crippen molar-refractivity contribution in [1.82, 2.24) is 10.2 Å². The van der Waals surface area contributed by atoms with Gasteiger partial charge in [0, 0.05) is 18.9 Å². The number of amides is 1. The molecule has 2 heterocycles. The summed E-state index contributed by atoms with van der Waals surface area (Å²) in [6.07, 6.45) is 0. The van der Waals surface area contributed by atoms with E-state index in [2.05, 4.69) is 15.5 Å². The molecule has 0 radical (unpaired) electrons. The summed E-state index contributed by atoms with van der Waals surface area (Å²) in [7, 11) is 1.59. The molecule has 9 heteroatoms. The minimum atomic E-state index is -0.158. The van der Waals surface area contributed by atoms with Gasteiger partial charge in [-0.25, -0.2) is 0 Å². The third-order valence-electron chi connectivity index (χ3n) is 3.26. The largest absolute Gasteiger partial charge is 0.489 e. The van der Waals surface area contributed by atoms with Crippen molar-refractivity contribution in [3.8, 4) is 5.75 Å². The molecule has 2 aromatic rings. The van der Waals surface area contributed by atoms with Crippen LogP contribution in [0.5, 0.6) is 5.75 Å². The Morgan fingerprint density at radius 2 is 2.39 bits per heavy atom. The van der Waals surface area contributed by atoms with Gasteiger partial charge in [-0.1, -0.05) is 11.3 Å². The molecule has 0 atom stereocenters. The predicted molar refractivity (Wildman–Crippen MR) is 87.8 cm³/mol. The Morgan fingerprint density at radius 1 is 1.52 bits per heavy atom. The van der Waals surface area contributed by atoms with E-state index >= 15 is 0 Å². The first-order valence-electron chi connectivity index (χ1n) is 7.04. The summed E-state index contributed by atoms with van der Waals surface area (Å²) >= 11 is 1.30. The summed E-state index contributed by atoms with van der Waals surface area (Å²) in [5, 5.41) is 11.8. The first kappa shape index (κ1) is 15.5. The van der Waals surface area contributed by atoms with Gasteiger partial charge in [-0.15, -0.1) is 10.2 Å². The van der Waals surface area contributed by atoms with E-state index in [-0.39, 0.29) is 12.5 Å². The third-order valence-corrected chi connectivity index (χ3v) is 4.07. The fourth-order valence-electron chi connectivity index (χ4n) is 2.28. The van der Waals surface area contributed by atoms with Gasteiger partial charge in [-0.3, -0.25) is 10.1 Å². The second kappa shape index (κ2) is 6.80. The molecule has 1 aliphatic heterocycles. The SMILES string of the molecule is COCc1nnc(NC(=O)CN2CCOc3cc(N)ccc32)s1. The van der Waals surface area contributed by atoms with Crippen LogP contribution in [-0.4, -0.2) is 42.9 Å². The van der Waals surface area contributed by atoms with Crippen molar-refractivity contribution in [3.05, 3.63) is 23.2 Å². The molecule has 0 unspecified atom stereocenters. The van der Waals surface area contributed by atoms with Crippen molar-refractivity contribution in [1.29, 1.82) is 0 Å². The highest BCUT2D eigenvalue weighted by molar-refractivity contribution is 7.15. The highest BCUT2D eigenvalue weighted by Gasteiger charge is 2.21. The topological polar surface area (TPSA) is 103 Å². The molecule has 1 aromatic heterocycles. The Kier molecular flexibility index (Phi) is 4.58. The number of methoxy groups -OCH3 is 1. The molecule has 0 aliphatic carbocycles. The molecular weight excluding hydrogens is 318 g/mol. The van der Waals surface area contributed by atoms with Crippen molar-refractivity contribution in [2.45, 2.75) is 6.61 Å². The average Bonchev–Trinajstić information content (AvgIpc) is 2.94. The molecule has 122 valence electrons. The van der Waals surface area contributed by atoms with Crippen LogP contribution in [0.1, 0.15) is 5.01 Å². The first-order chi connectivity index (χ1) is 11.2. The Hall–Kier alpha value is -2.39. The second-order valence-electron chi connectivity index (χ2n) is 4.98. The summed E-state index contributed by atoms with van der Waals surface area (Å²) in [5.74, 6) is 0.539. The van der Waals surface area contributed by atoms with Crippen LogP contribution < -0.4 is 20.7 Å². The zero-order chi connectivity index (χ0) is 16.2. The number of ether oxygens (including phenoxy) is 2. The van der Waals surface area contributed by atoms with E-state index in [0.717, 1.165) is 10.7 Å². The van der Waals surface area contributed by atoms with Crippen LogP contribution in [0.25, 0.3) is 0 Å². The second-order valence-corrected chi connectivity index (χ2v) is 6.04. The number of fused-ring (bicyclic) bond motifs is 1. The molecule has 3 N–H and O–H groups in total. The van der Waals surface area contributed by atoms with E-state index in [0.29, 0.717) is 36.3 Å². The van der Waals surface area contributed by atoms with Gasteiger partial charge >= 0.3 is 0 Å². The number of benzene rings is 1. The molecule has 0 saturated heterocycles. The number of aromatic nitrogens is 2. The fraction of sp³-hybridized carbons (Fsp3) is 0.357. The van der Waals surface area contributed by atoms with Crippen molar-refractivity contribution in [2.75, 3.05) is 42.8 Å². The molecule has 0 saturated carbocycles. The summed E-state index contributed by atoms with van der Waals surface area (Å²) in [6.45, 7) is 1.74. The summed E-state index contributed by atoms with van der Waals surface area (Å²) in [4.78, 5) is 14.2. The van der Waals surface area contributed by atoms with Gasteiger partial charge in [0.2, 0.25) is 11.0 Å². The quantitative estimate of drug-likeness (QED) is 0.789. The van der Waals surface area contributed by atoms with Gasteiger partial charge in [0.05, 0.1) is 18.8 Å². The minimum Gasteiger partial charge on any atom is -0.489 e. The number of anilines is 3. The molecule has 23 heavy (non-hydrogen) atoms. The average molecular weight is 335 g/mol. The van der Waals surface area contributed by atoms with Crippen LogP contribution in [0.4, 0.5) is 16.5 Å². The van der Waals surface area contributed by atoms with Crippen LogP contribution in [-0.2, 0) is 16.1 Å². The maximum absolute atomic E-state index is 12.2. The predicted octanol–water partition coefficient (Wildman–Crippen LogP) is 1.10. The Labute approximate surface area is 137 Å². The lowest BCUT2D eigenvalue weighted by Crippen LogP contribution is -2.38. The molecule has 0 fully saturated rings. The lowest BCUT2D eigenvalue weighted by Gasteiger charge is -2.30. The lowest BCUT2D eigenvalue weighted by atomic mass is 10.2. The molecule has 0 bridgehead atoms. The number of nitrogens with two attached hydrogens (primary N) is 1.